The van der Waals surface area contributed by atoms with Gasteiger partial charge in [-0.2, -0.15) is 13.2 Å². The predicted molar refractivity (Wildman–Crippen MR) is 112 cm³/mol. The fourth-order valence-corrected chi connectivity index (χ4v) is 4.12. The topological polar surface area (TPSA) is 89.0 Å². The Morgan fingerprint density at radius 3 is 2.64 bits per heavy atom. The number of ether oxygens (including phenoxy) is 2. The molecule has 1 saturated carbocycles. The molecule has 1 aromatic carbocycles. The van der Waals surface area contributed by atoms with Crippen molar-refractivity contribution >= 4 is 22.8 Å². The van der Waals surface area contributed by atoms with E-state index >= 15 is 0 Å². The Balaban J connectivity index is 0.000000325. The summed E-state index contributed by atoms with van der Waals surface area (Å²) in [6, 6.07) is 11.7. The van der Waals surface area contributed by atoms with Gasteiger partial charge in [0, 0.05) is 25.0 Å². The lowest BCUT2D eigenvalue weighted by Crippen LogP contribution is -2.36. The Morgan fingerprint density at radius 1 is 1.21 bits per heavy atom. The summed E-state index contributed by atoms with van der Waals surface area (Å²) in [6.45, 7) is 2.89. The molecule has 2 saturated heterocycles. The van der Waals surface area contributed by atoms with Crippen molar-refractivity contribution in [3.05, 3.63) is 42.1 Å². The number of aliphatic carboxylic acids is 1. The van der Waals surface area contributed by atoms with Gasteiger partial charge in [0.05, 0.1) is 30.4 Å². The second kappa shape index (κ2) is 9.26. The summed E-state index contributed by atoms with van der Waals surface area (Å²) in [6.07, 6.45) is -0.506. The van der Waals surface area contributed by atoms with Crippen LogP contribution in [-0.4, -0.2) is 71.1 Å². The van der Waals surface area contributed by atoms with E-state index in [2.05, 4.69) is 4.98 Å². The van der Waals surface area contributed by atoms with Gasteiger partial charge in [-0.1, -0.05) is 24.3 Å². The molecule has 1 aliphatic carbocycles. The number of carbonyl (C=O) groups excluding carboxylic acids is 1. The van der Waals surface area contributed by atoms with E-state index in [9.17, 15) is 18.0 Å². The first-order valence-electron chi connectivity index (χ1n) is 10.9. The van der Waals surface area contributed by atoms with E-state index in [1.165, 1.54) is 12.8 Å². The zero-order valence-electron chi connectivity index (χ0n) is 17.9. The molecule has 10 heteroatoms. The number of hydrogen-bond acceptors (Lipinski definition) is 5. The Kier molecular flexibility index (Phi) is 6.58. The molecule has 5 rings (SSSR count). The minimum absolute atomic E-state index is 0.00132. The van der Waals surface area contributed by atoms with Gasteiger partial charge in [-0.15, -0.1) is 0 Å². The van der Waals surface area contributed by atoms with Crippen LogP contribution in [0.4, 0.5) is 13.2 Å². The minimum Gasteiger partial charge on any atom is -0.475 e. The number of para-hydroxylation sites is 1. The third kappa shape index (κ3) is 5.80. The predicted octanol–water partition coefficient (Wildman–Crippen LogP) is 3.67. The fourth-order valence-electron chi connectivity index (χ4n) is 4.12. The quantitative estimate of drug-likeness (QED) is 0.740. The molecule has 2 aromatic rings. The van der Waals surface area contributed by atoms with Crippen molar-refractivity contribution in [2.24, 2.45) is 5.92 Å². The van der Waals surface area contributed by atoms with Crippen molar-refractivity contribution in [3.8, 4) is 0 Å². The number of carboxylic acid groups (broad SMARTS) is 1. The minimum atomic E-state index is -5.08. The lowest BCUT2D eigenvalue weighted by atomic mass is 9.98. The molecule has 1 aromatic heterocycles. The lowest BCUT2D eigenvalue weighted by molar-refractivity contribution is -0.192. The molecule has 3 heterocycles. The Hall–Kier alpha value is -2.72. The number of nitrogens with zero attached hydrogens (tertiary/aromatic N) is 2. The standard InChI is InChI=1S/C21H24N2O3.C2HF3O2/c24-20(19-8-7-16-3-1-2-4-18(16)22-19)23-10-9-21(14-23)11-17(13-26-21)25-12-15-5-6-15;3-2(4,5)1(6)7/h1-4,7-8,15,17H,5-6,9-14H2;(H,6,7)/t17-,21+;/m1./s1. The Morgan fingerprint density at radius 2 is 1.94 bits per heavy atom. The average molecular weight is 466 g/mol. The van der Waals surface area contributed by atoms with Gasteiger partial charge in [0.25, 0.3) is 5.91 Å². The van der Waals surface area contributed by atoms with E-state index in [4.69, 9.17) is 19.4 Å². The molecule has 0 unspecified atom stereocenters. The highest BCUT2D eigenvalue weighted by Crippen LogP contribution is 2.38. The molecule has 0 bridgehead atoms. The molecule has 3 aliphatic rings. The molecule has 1 amide bonds. The first-order chi connectivity index (χ1) is 15.7. The van der Waals surface area contributed by atoms with Crippen LogP contribution in [0, 0.1) is 5.92 Å². The summed E-state index contributed by atoms with van der Waals surface area (Å²) in [4.78, 5) is 28.2. The molecule has 7 nitrogen and oxygen atoms in total. The number of fused-ring (bicyclic) bond motifs is 1. The van der Waals surface area contributed by atoms with Gasteiger partial charge in [0.1, 0.15) is 5.69 Å². The molecule has 3 fully saturated rings. The van der Waals surface area contributed by atoms with Gasteiger partial charge in [-0.05, 0) is 37.3 Å². The summed E-state index contributed by atoms with van der Waals surface area (Å²) >= 11 is 0. The van der Waals surface area contributed by atoms with E-state index in [1.54, 1.807) is 0 Å². The van der Waals surface area contributed by atoms with Gasteiger partial charge in [0.15, 0.2) is 0 Å². The lowest BCUT2D eigenvalue weighted by Gasteiger charge is -2.23. The molecule has 1 N–H and O–H groups in total. The summed E-state index contributed by atoms with van der Waals surface area (Å²) in [7, 11) is 0. The van der Waals surface area contributed by atoms with E-state index in [-0.39, 0.29) is 17.6 Å². The highest BCUT2D eigenvalue weighted by Gasteiger charge is 2.47. The third-order valence-electron chi connectivity index (χ3n) is 6.10. The summed E-state index contributed by atoms with van der Waals surface area (Å²) in [5, 5.41) is 8.18. The maximum absolute atomic E-state index is 12.9. The van der Waals surface area contributed by atoms with Crippen LogP contribution >= 0.6 is 0 Å². The Labute approximate surface area is 188 Å². The van der Waals surface area contributed by atoms with Crippen molar-refractivity contribution in [1.82, 2.24) is 9.88 Å². The van der Waals surface area contributed by atoms with E-state index in [1.807, 2.05) is 41.3 Å². The normalized spacial score (nSPS) is 24.7. The number of likely N-dealkylation sites (tertiary alicyclic amines) is 1. The molecule has 33 heavy (non-hydrogen) atoms. The number of alkyl halides is 3. The van der Waals surface area contributed by atoms with Crippen LogP contribution in [0.1, 0.15) is 36.2 Å². The van der Waals surface area contributed by atoms with Crippen LogP contribution in [0.25, 0.3) is 10.9 Å². The molecule has 1 spiro atoms. The van der Waals surface area contributed by atoms with E-state index in [0.717, 1.165) is 42.8 Å². The zero-order valence-corrected chi connectivity index (χ0v) is 17.9. The second-order valence-corrected chi connectivity index (χ2v) is 8.77. The molecular weight excluding hydrogens is 441 g/mol. The first-order valence-corrected chi connectivity index (χ1v) is 10.9. The molecular formula is C23H25F3N2O5. The van der Waals surface area contributed by atoms with Crippen LogP contribution in [0.2, 0.25) is 0 Å². The number of pyridine rings is 1. The number of hydrogen-bond donors (Lipinski definition) is 1. The van der Waals surface area contributed by atoms with Gasteiger partial charge in [-0.3, -0.25) is 4.79 Å². The average Bonchev–Trinajstić information content (AvgIpc) is 3.41. The van der Waals surface area contributed by atoms with Crippen LogP contribution in [-0.2, 0) is 14.3 Å². The summed E-state index contributed by atoms with van der Waals surface area (Å²) < 4.78 is 43.9. The van der Waals surface area contributed by atoms with E-state index in [0.29, 0.717) is 18.8 Å². The van der Waals surface area contributed by atoms with Crippen molar-refractivity contribution < 1.29 is 37.3 Å². The number of amides is 1. The SMILES string of the molecule is O=C(O)C(F)(F)F.O=C(c1ccc2ccccc2n1)N1CC[C@]2(C[C@@H](OCC3CC3)CO2)C1. The fraction of sp³-hybridized carbons (Fsp3) is 0.522. The van der Waals surface area contributed by atoms with Crippen molar-refractivity contribution in [2.45, 2.75) is 43.6 Å². The van der Waals surface area contributed by atoms with Gasteiger partial charge in [0.2, 0.25) is 0 Å². The highest BCUT2D eigenvalue weighted by atomic mass is 19.4. The number of halogens is 3. The van der Waals surface area contributed by atoms with Crippen LogP contribution in [0.5, 0.6) is 0 Å². The summed E-state index contributed by atoms with van der Waals surface area (Å²) in [5.41, 5.74) is 1.15. The Bertz CT molecular complexity index is 1030. The van der Waals surface area contributed by atoms with Crippen molar-refractivity contribution in [3.63, 3.8) is 0 Å². The van der Waals surface area contributed by atoms with Gasteiger partial charge >= 0.3 is 12.1 Å². The summed E-state index contributed by atoms with van der Waals surface area (Å²) in [5.74, 6) is -1.99. The number of aromatic nitrogens is 1. The van der Waals surface area contributed by atoms with Crippen LogP contribution in [0.15, 0.2) is 36.4 Å². The zero-order chi connectivity index (χ0) is 23.6. The third-order valence-corrected chi connectivity index (χ3v) is 6.10. The monoisotopic (exact) mass is 466 g/mol. The number of benzene rings is 1. The number of carboxylic acids is 1. The maximum atomic E-state index is 12.9. The van der Waals surface area contributed by atoms with Gasteiger partial charge < -0.3 is 19.5 Å². The largest absolute Gasteiger partial charge is 0.490 e. The molecule has 2 aliphatic heterocycles. The second-order valence-electron chi connectivity index (χ2n) is 8.77. The van der Waals surface area contributed by atoms with Crippen molar-refractivity contribution in [2.75, 3.05) is 26.3 Å². The van der Waals surface area contributed by atoms with Crippen LogP contribution < -0.4 is 0 Å². The number of rotatable bonds is 4. The molecule has 178 valence electrons. The molecule has 2 atom stereocenters. The van der Waals surface area contributed by atoms with Gasteiger partial charge in [-0.25, -0.2) is 9.78 Å². The van der Waals surface area contributed by atoms with E-state index < -0.39 is 12.1 Å². The molecule has 0 radical (unpaired) electrons. The van der Waals surface area contributed by atoms with Crippen LogP contribution in [0.3, 0.4) is 0 Å². The van der Waals surface area contributed by atoms with Crippen molar-refractivity contribution in [1.29, 1.82) is 0 Å². The smallest absolute Gasteiger partial charge is 0.475 e. The maximum Gasteiger partial charge on any atom is 0.490 e. The number of carbonyl (C=O) groups is 2. The first kappa shape index (κ1) is 23.4. The highest BCUT2D eigenvalue weighted by molar-refractivity contribution is 5.95.